The van der Waals surface area contributed by atoms with Gasteiger partial charge in [0.15, 0.2) is 11.5 Å². The zero-order chi connectivity index (χ0) is 22.6. The van der Waals surface area contributed by atoms with Crippen molar-refractivity contribution in [1.29, 1.82) is 0 Å². The molecule has 0 spiro atoms. The average Bonchev–Trinajstić information content (AvgIpc) is 2.78. The second-order valence-corrected chi connectivity index (χ2v) is 6.28. The Morgan fingerprint density at radius 1 is 1.03 bits per heavy atom. The zero-order valence-electron chi connectivity index (χ0n) is 18.0. The lowest BCUT2D eigenvalue weighted by molar-refractivity contribution is -0.121. The monoisotopic (exact) mass is 429 g/mol. The maximum Gasteiger partial charge on any atom is 0.407 e. The number of carbonyl (C=O) groups is 2. The normalized spacial score (nSPS) is 11.5. The first kappa shape index (κ1) is 23.5. The van der Waals surface area contributed by atoms with Crippen LogP contribution in [0.2, 0.25) is 0 Å². The zero-order valence-corrected chi connectivity index (χ0v) is 18.0. The summed E-state index contributed by atoms with van der Waals surface area (Å²) in [5.74, 6) is 1.02. The predicted molar refractivity (Wildman–Crippen MR) is 116 cm³/mol. The van der Waals surface area contributed by atoms with Crippen LogP contribution in [0.5, 0.6) is 17.2 Å². The summed E-state index contributed by atoms with van der Waals surface area (Å²) in [7, 11) is 4.54. The van der Waals surface area contributed by atoms with Gasteiger partial charge >= 0.3 is 6.09 Å². The average molecular weight is 429 g/mol. The Hall–Kier alpha value is -3.75. The van der Waals surface area contributed by atoms with Crippen molar-refractivity contribution in [3.05, 3.63) is 53.6 Å². The van der Waals surface area contributed by atoms with Crippen LogP contribution in [0.4, 0.5) is 4.79 Å². The maximum atomic E-state index is 12.4. The van der Waals surface area contributed by atoms with Crippen LogP contribution in [0.25, 0.3) is 0 Å². The molecule has 2 amide bonds. The largest absolute Gasteiger partial charge is 0.493 e. The number of hydrazone groups is 1. The summed E-state index contributed by atoms with van der Waals surface area (Å²) >= 11 is 0. The summed E-state index contributed by atoms with van der Waals surface area (Å²) in [5.41, 5.74) is 3.88. The molecule has 2 rings (SSSR count). The number of alkyl carbamates (subject to hydrolysis) is 1. The van der Waals surface area contributed by atoms with Crippen LogP contribution in [0.3, 0.4) is 0 Å². The highest BCUT2D eigenvalue weighted by atomic mass is 16.5. The molecule has 0 unspecified atom stereocenters. The first-order valence-electron chi connectivity index (χ1n) is 9.62. The maximum absolute atomic E-state index is 12.4. The van der Waals surface area contributed by atoms with Crippen LogP contribution < -0.4 is 25.0 Å². The molecule has 2 N–H and O–H groups in total. The molecule has 1 atom stereocenters. The number of nitrogens with zero attached hydrogens (tertiary/aromatic N) is 1. The molecule has 31 heavy (non-hydrogen) atoms. The molecule has 0 aliphatic carbocycles. The molecule has 2 aromatic rings. The lowest BCUT2D eigenvalue weighted by Crippen LogP contribution is -2.33. The lowest BCUT2D eigenvalue weighted by Gasteiger charge is -2.18. The number of methoxy groups -OCH3 is 3. The van der Waals surface area contributed by atoms with Crippen LogP contribution in [-0.2, 0) is 9.53 Å². The summed E-state index contributed by atoms with van der Waals surface area (Å²) in [6.45, 7) is 1.94. The number of rotatable bonds is 10. The van der Waals surface area contributed by atoms with Gasteiger partial charge in [-0.2, -0.15) is 5.10 Å². The van der Waals surface area contributed by atoms with E-state index in [2.05, 4.69) is 15.8 Å². The SMILES string of the molecule is CCOC(=O)N[C@@H](CC(=O)N/N=C\c1cc(OC)c(OC)c(OC)c1)c1ccccc1. The standard InChI is InChI=1S/C22H27N3O6/c1-5-31-22(27)24-17(16-9-7-6-8-10-16)13-20(26)25-23-14-15-11-18(28-2)21(30-4)19(12-15)29-3/h6-12,14,17H,5,13H2,1-4H3,(H,24,27)(H,25,26)/b23-14-/t17-/m0/s1. The van der Waals surface area contributed by atoms with Gasteiger partial charge in [-0.3, -0.25) is 4.79 Å². The quantitative estimate of drug-likeness (QED) is 0.444. The van der Waals surface area contributed by atoms with Crippen LogP contribution >= 0.6 is 0 Å². The first-order valence-corrected chi connectivity index (χ1v) is 9.62. The smallest absolute Gasteiger partial charge is 0.407 e. The third-order valence-corrected chi connectivity index (χ3v) is 4.25. The second kappa shape index (κ2) is 12.1. The molecule has 0 fully saturated rings. The van der Waals surface area contributed by atoms with E-state index in [-0.39, 0.29) is 18.9 Å². The van der Waals surface area contributed by atoms with Gasteiger partial charge in [0, 0.05) is 5.56 Å². The number of amides is 2. The third-order valence-electron chi connectivity index (χ3n) is 4.25. The molecule has 0 aliphatic heterocycles. The van der Waals surface area contributed by atoms with Crippen molar-refractivity contribution in [3.63, 3.8) is 0 Å². The minimum Gasteiger partial charge on any atom is -0.493 e. The van der Waals surface area contributed by atoms with E-state index in [4.69, 9.17) is 18.9 Å². The van der Waals surface area contributed by atoms with Gasteiger partial charge in [0.05, 0.1) is 46.6 Å². The van der Waals surface area contributed by atoms with Crippen LogP contribution in [-0.4, -0.2) is 46.2 Å². The minimum atomic E-state index is -0.593. The van der Waals surface area contributed by atoms with E-state index in [1.165, 1.54) is 27.5 Å². The molecular weight excluding hydrogens is 402 g/mol. The van der Waals surface area contributed by atoms with Crippen LogP contribution in [0.15, 0.2) is 47.6 Å². The summed E-state index contributed by atoms with van der Waals surface area (Å²) in [4.78, 5) is 24.3. The molecule has 0 saturated carbocycles. The molecule has 0 bridgehead atoms. The molecule has 166 valence electrons. The van der Waals surface area contributed by atoms with Gasteiger partial charge in [0.1, 0.15) is 0 Å². The molecule has 2 aromatic carbocycles. The van der Waals surface area contributed by atoms with E-state index in [1.54, 1.807) is 19.1 Å². The van der Waals surface area contributed by atoms with E-state index in [0.717, 1.165) is 5.56 Å². The van der Waals surface area contributed by atoms with Gasteiger partial charge < -0.3 is 24.3 Å². The number of hydrogen-bond acceptors (Lipinski definition) is 7. The third kappa shape index (κ3) is 6.91. The molecule has 0 aliphatic rings. The van der Waals surface area contributed by atoms with E-state index < -0.39 is 12.1 Å². The fraction of sp³-hybridized carbons (Fsp3) is 0.318. The minimum absolute atomic E-state index is 0.0184. The van der Waals surface area contributed by atoms with Gasteiger partial charge in [0.2, 0.25) is 11.7 Å². The number of hydrogen-bond donors (Lipinski definition) is 2. The summed E-state index contributed by atoms with van der Waals surface area (Å²) in [5, 5.41) is 6.68. The Morgan fingerprint density at radius 2 is 1.68 bits per heavy atom. The molecule has 0 heterocycles. The second-order valence-electron chi connectivity index (χ2n) is 6.28. The number of nitrogens with one attached hydrogen (secondary N) is 2. The lowest BCUT2D eigenvalue weighted by atomic mass is 10.0. The summed E-state index contributed by atoms with van der Waals surface area (Å²) < 4.78 is 20.8. The molecule has 9 nitrogen and oxygen atoms in total. The van der Waals surface area contributed by atoms with Crippen molar-refractivity contribution < 1.29 is 28.5 Å². The molecule has 9 heteroatoms. The number of benzene rings is 2. The fourth-order valence-electron chi connectivity index (χ4n) is 2.84. The number of carbonyl (C=O) groups excluding carboxylic acids is 2. The van der Waals surface area contributed by atoms with Gasteiger partial charge in [-0.1, -0.05) is 30.3 Å². The highest BCUT2D eigenvalue weighted by molar-refractivity contribution is 5.84. The van der Waals surface area contributed by atoms with Crippen molar-refractivity contribution in [3.8, 4) is 17.2 Å². The Balaban J connectivity index is 2.07. The van der Waals surface area contributed by atoms with Gasteiger partial charge in [-0.25, -0.2) is 10.2 Å². The molecule has 0 radical (unpaired) electrons. The van der Waals surface area contributed by atoms with Gasteiger partial charge in [0.25, 0.3) is 0 Å². The van der Waals surface area contributed by atoms with E-state index in [0.29, 0.717) is 22.8 Å². The summed E-state index contributed by atoms with van der Waals surface area (Å²) in [6.07, 6.45) is 0.846. The van der Waals surface area contributed by atoms with Crippen LogP contribution in [0, 0.1) is 0 Å². The van der Waals surface area contributed by atoms with E-state index >= 15 is 0 Å². The summed E-state index contributed by atoms with van der Waals surface area (Å²) in [6, 6.07) is 12.0. The van der Waals surface area contributed by atoms with E-state index in [1.807, 2.05) is 30.3 Å². The van der Waals surface area contributed by atoms with Crippen molar-refractivity contribution >= 4 is 18.2 Å². The number of ether oxygens (including phenoxy) is 4. The first-order chi connectivity index (χ1) is 15.0. The molecular formula is C22H27N3O6. The van der Waals surface area contributed by atoms with Gasteiger partial charge in [-0.05, 0) is 24.6 Å². The Morgan fingerprint density at radius 3 is 2.23 bits per heavy atom. The van der Waals surface area contributed by atoms with Crippen molar-refractivity contribution in [2.75, 3.05) is 27.9 Å². The van der Waals surface area contributed by atoms with Crippen molar-refractivity contribution in [2.45, 2.75) is 19.4 Å². The molecule has 0 aromatic heterocycles. The van der Waals surface area contributed by atoms with E-state index in [9.17, 15) is 9.59 Å². The molecule has 0 saturated heterocycles. The van der Waals surface area contributed by atoms with Crippen LogP contribution in [0.1, 0.15) is 30.5 Å². The Kier molecular flexibility index (Phi) is 9.15. The Labute approximate surface area is 181 Å². The Bertz CT molecular complexity index is 876. The highest BCUT2D eigenvalue weighted by Gasteiger charge is 2.19. The predicted octanol–water partition coefficient (Wildman–Crippen LogP) is 3.04. The van der Waals surface area contributed by atoms with Crippen molar-refractivity contribution in [1.82, 2.24) is 10.7 Å². The van der Waals surface area contributed by atoms with Crippen molar-refractivity contribution in [2.24, 2.45) is 5.10 Å². The topological polar surface area (TPSA) is 107 Å². The van der Waals surface area contributed by atoms with Gasteiger partial charge in [-0.15, -0.1) is 0 Å². The highest BCUT2D eigenvalue weighted by Crippen LogP contribution is 2.37. The fourth-order valence-corrected chi connectivity index (χ4v) is 2.84.